The number of halogens is 2. The van der Waals surface area contributed by atoms with Gasteiger partial charge in [-0.3, -0.25) is 4.79 Å². The molecule has 0 heterocycles. The number of benzene rings is 1. The molecule has 0 saturated carbocycles. The van der Waals surface area contributed by atoms with E-state index in [0.717, 1.165) is 12.8 Å². The van der Waals surface area contributed by atoms with Crippen LogP contribution in [0, 0.1) is 11.7 Å². The zero-order valence-electron chi connectivity index (χ0n) is 9.25. The number of anilines is 1. The summed E-state index contributed by atoms with van der Waals surface area (Å²) >= 11 is 3.09. The third-order valence-electron chi connectivity index (χ3n) is 2.76. The molecule has 1 atom stereocenters. The molecule has 1 aromatic carbocycles. The molecule has 0 aromatic heterocycles. The van der Waals surface area contributed by atoms with Crippen LogP contribution in [0.15, 0.2) is 34.8 Å². The Morgan fingerprint density at radius 3 is 3.00 bits per heavy atom. The fourth-order valence-corrected chi connectivity index (χ4v) is 2.27. The molecule has 0 radical (unpaired) electrons. The van der Waals surface area contributed by atoms with E-state index in [1.54, 1.807) is 12.1 Å². The van der Waals surface area contributed by atoms with Gasteiger partial charge in [-0.2, -0.15) is 0 Å². The lowest BCUT2D eigenvalue weighted by atomic mass is 10.1. The van der Waals surface area contributed by atoms with Crippen LogP contribution in [-0.2, 0) is 4.79 Å². The standard InChI is InChI=1S/C13H13BrFNO/c14-11-8-10(5-6-12(11)15)16-13(17)7-9-3-1-2-4-9/h1,3,5-6,8-9H,2,4,7H2,(H,16,17). The van der Waals surface area contributed by atoms with E-state index in [-0.39, 0.29) is 11.7 Å². The molecule has 0 fully saturated rings. The van der Waals surface area contributed by atoms with Crippen molar-refractivity contribution in [1.82, 2.24) is 0 Å². The molecule has 90 valence electrons. The maximum absolute atomic E-state index is 13.0. The number of nitrogens with one attached hydrogen (secondary N) is 1. The van der Waals surface area contributed by atoms with Gasteiger partial charge in [0.15, 0.2) is 0 Å². The second-order valence-electron chi connectivity index (χ2n) is 4.15. The Morgan fingerprint density at radius 1 is 1.53 bits per heavy atom. The average molecular weight is 298 g/mol. The molecule has 0 spiro atoms. The van der Waals surface area contributed by atoms with Crippen LogP contribution in [0.5, 0.6) is 0 Å². The van der Waals surface area contributed by atoms with Crippen molar-refractivity contribution < 1.29 is 9.18 Å². The summed E-state index contributed by atoms with van der Waals surface area (Å²) in [6.45, 7) is 0. The Labute approximate surface area is 108 Å². The van der Waals surface area contributed by atoms with E-state index in [1.807, 2.05) is 0 Å². The highest BCUT2D eigenvalue weighted by Gasteiger charge is 2.14. The number of amides is 1. The minimum atomic E-state index is -0.332. The van der Waals surface area contributed by atoms with Crippen molar-refractivity contribution in [2.45, 2.75) is 19.3 Å². The van der Waals surface area contributed by atoms with Gasteiger partial charge in [0, 0.05) is 12.1 Å². The van der Waals surface area contributed by atoms with Crippen LogP contribution in [0.3, 0.4) is 0 Å². The van der Waals surface area contributed by atoms with E-state index in [4.69, 9.17) is 0 Å². The minimum absolute atomic E-state index is 0.0277. The van der Waals surface area contributed by atoms with Crippen molar-refractivity contribution in [1.29, 1.82) is 0 Å². The van der Waals surface area contributed by atoms with E-state index < -0.39 is 0 Å². The number of allylic oxidation sites excluding steroid dienone is 2. The van der Waals surface area contributed by atoms with Crippen molar-refractivity contribution >= 4 is 27.5 Å². The molecule has 17 heavy (non-hydrogen) atoms. The number of carbonyl (C=O) groups is 1. The number of carbonyl (C=O) groups excluding carboxylic acids is 1. The van der Waals surface area contributed by atoms with Crippen LogP contribution in [0.2, 0.25) is 0 Å². The first-order chi connectivity index (χ1) is 8.15. The fraction of sp³-hybridized carbons (Fsp3) is 0.308. The first-order valence-corrected chi connectivity index (χ1v) is 6.36. The highest BCUT2D eigenvalue weighted by Crippen LogP contribution is 2.23. The van der Waals surface area contributed by atoms with Crippen LogP contribution in [0.25, 0.3) is 0 Å². The Bertz CT molecular complexity index is 459. The van der Waals surface area contributed by atoms with E-state index in [9.17, 15) is 9.18 Å². The molecule has 0 aliphatic heterocycles. The number of hydrogen-bond donors (Lipinski definition) is 1. The molecule has 1 aliphatic rings. The molecule has 0 saturated heterocycles. The Kier molecular flexibility index (Phi) is 3.94. The molecule has 1 unspecified atom stereocenters. The summed E-state index contributed by atoms with van der Waals surface area (Å²) in [7, 11) is 0. The van der Waals surface area contributed by atoms with Crippen molar-refractivity contribution in [2.24, 2.45) is 5.92 Å². The van der Waals surface area contributed by atoms with Gasteiger partial charge in [0.1, 0.15) is 5.82 Å². The first kappa shape index (κ1) is 12.3. The third kappa shape index (κ3) is 3.40. The maximum Gasteiger partial charge on any atom is 0.224 e. The first-order valence-electron chi connectivity index (χ1n) is 5.57. The lowest BCUT2D eigenvalue weighted by Gasteiger charge is -2.09. The minimum Gasteiger partial charge on any atom is -0.326 e. The van der Waals surface area contributed by atoms with Crippen molar-refractivity contribution in [3.05, 3.63) is 40.6 Å². The Morgan fingerprint density at radius 2 is 2.35 bits per heavy atom. The van der Waals surface area contributed by atoms with Crippen molar-refractivity contribution in [3.8, 4) is 0 Å². The van der Waals surface area contributed by atoms with Gasteiger partial charge in [-0.25, -0.2) is 4.39 Å². The monoisotopic (exact) mass is 297 g/mol. The summed E-state index contributed by atoms with van der Waals surface area (Å²) in [6.07, 6.45) is 6.78. The predicted octanol–water partition coefficient (Wildman–Crippen LogP) is 3.88. The highest BCUT2D eigenvalue weighted by atomic mass is 79.9. The zero-order chi connectivity index (χ0) is 12.3. The van der Waals surface area contributed by atoms with E-state index in [1.165, 1.54) is 6.07 Å². The van der Waals surface area contributed by atoms with Gasteiger partial charge < -0.3 is 5.32 Å². The molecular weight excluding hydrogens is 285 g/mol. The maximum atomic E-state index is 13.0. The van der Waals surface area contributed by atoms with Crippen LogP contribution in [0.1, 0.15) is 19.3 Å². The number of hydrogen-bond acceptors (Lipinski definition) is 1. The second kappa shape index (κ2) is 5.45. The van der Waals surface area contributed by atoms with Gasteiger partial charge in [0.2, 0.25) is 5.91 Å². The zero-order valence-corrected chi connectivity index (χ0v) is 10.8. The summed E-state index contributed by atoms with van der Waals surface area (Å²) in [4.78, 5) is 11.7. The summed E-state index contributed by atoms with van der Waals surface area (Å²) < 4.78 is 13.4. The number of rotatable bonds is 3. The smallest absolute Gasteiger partial charge is 0.224 e. The summed E-state index contributed by atoms with van der Waals surface area (Å²) in [6, 6.07) is 4.45. The average Bonchev–Trinajstić information content (AvgIpc) is 2.76. The van der Waals surface area contributed by atoms with Crippen LogP contribution >= 0.6 is 15.9 Å². The van der Waals surface area contributed by atoms with Crippen molar-refractivity contribution in [2.75, 3.05) is 5.32 Å². The fourth-order valence-electron chi connectivity index (χ4n) is 1.89. The van der Waals surface area contributed by atoms with Crippen LogP contribution < -0.4 is 5.32 Å². The van der Waals surface area contributed by atoms with Crippen LogP contribution in [-0.4, -0.2) is 5.91 Å². The summed E-state index contributed by atoms with van der Waals surface area (Å²) in [5, 5.41) is 2.77. The van der Waals surface area contributed by atoms with Gasteiger partial charge in [-0.15, -0.1) is 0 Å². The molecule has 2 rings (SSSR count). The summed E-state index contributed by atoms with van der Waals surface area (Å²) in [5.41, 5.74) is 0.616. The normalized spacial score (nSPS) is 18.4. The molecule has 2 nitrogen and oxygen atoms in total. The Balaban J connectivity index is 1.93. The van der Waals surface area contributed by atoms with Gasteiger partial charge in [0.25, 0.3) is 0 Å². The van der Waals surface area contributed by atoms with Crippen LogP contribution in [0.4, 0.5) is 10.1 Å². The highest BCUT2D eigenvalue weighted by molar-refractivity contribution is 9.10. The van der Waals surface area contributed by atoms with E-state index in [0.29, 0.717) is 22.5 Å². The van der Waals surface area contributed by atoms with Gasteiger partial charge in [0.05, 0.1) is 4.47 Å². The van der Waals surface area contributed by atoms with E-state index in [2.05, 4.69) is 33.4 Å². The SMILES string of the molecule is O=C(CC1C=CCC1)Nc1ccc(F)c(Br)c1. The largest absolute Gasteiger partial charge is 0.326 e. The molecular formula is C13H13BrFNO. The second-order valence-corrected chi connectivity index (χ2v) is 5.00. The molecule has 1 amide bonds. The van der Waals surface area contributed by atoms with E-state index >= 15 is 0 Å². The quantitative estimate of drug-likeness (QED) is 0.843. The molecule has 0 bridgehead atoms. The lowest BCUT2D eigenvalue weighted by Crippen LogP contribution is -2.14. The summed E-state index contributed by atoms with van der Waals surface area (Å²) in [5.74, 6) is -0.0133. The molecule has 1 N–H and O–H groups in total. The Hall–Kier alpha value is -1.16. The topological polar surface area (TPSA) is 29.1 Å². The molecule has 4 heteroatoms. The van der Waals surface area contributed by atoms with Gasteiger partial charge in [-0.1, -0.05) is 12.2 Å². The van der Waals surface area contributed by atoms with Crippen molar-refractivity contribution in [3.63, 3.8) is 0 Å². The third-order valence-corrected chi connectivity index (χ3v) is 3.37. The predicted molar refractivity (Wildman–Crippen MR) is 69.2 cm³/mol. The van der Waals surface area contributed by atoms with Gasteiger partial charge in [-0.05, 0) is 52.9 Å². The lowest BCUT2D eigenvalue weighted by molar-refractivity contribution is -0.116. The van der Waals surface area contributed by atoms with Gasteiger partial charge >= 0.3 is 0 Å². The molecule has 1 aromatic rings. The molecule has 1 aliphatic carbocycles.